The predicted octanol–water partition coefficient (Wildman–Crippen LogP) is 13.1. The van der Waals surface area contributed by atoms with Crippen LogP contribution in [0.3, 0.4) is 0 Å². The Kier molecular flexibility index (Phi) is 48.7. The van der Waals surface area contributed by atoms with Gasteiger partial charge in [0, 0.05) is 86.9 Å². The third-order valence-corrected chi connectivity index (χ3v) is 10.8. The minimum Gasteiger partial charge on any atom is -0.594 e. The van der Waals surface area contributed by atoms with Crippen LogP contribution in [0.25, 0.3) is 0 Å². The van der Waals surface area contributed by atoms with Gasteiger partial charge in [0.15, 0.2) is 5.69 Å². The van der Waals surface area contributed by atoms with Crippen molar-refractivity contribution in [3.8, 4) is 0 Å². The van der Waals surface area contributed by atoms with E-state index < -0.39 is 4.92 Å². The second-order valence-corrected chi connectivity index (χ2v) is 18.3. The average molecular weight is 1300 g/mol. The van der Waals surface area contributed by atoms with Crippen LogP contribution in [0.2, 0.25) is 0 Å². The Morgan fingerprint density at radius 3 is 1.02 bits per heavy atom. The zero-order chi connectivity index (χ0) is 65.9. The van der Waals surface area contributed by atoms with Crippen LogP contribution in [0.5, 0.6) is 0 Å². The van der Waals surface area contributed by atoms with Crippen molar-refractivity contribution >= 4 is 51.2 Å². The van der Waals surface area contributed by atoms with Gasteiger partial charge >= 0.3 is 8.56 Å². The normalized spacial score (nSPS) is 9.29. The number of nitro groups is 1. The van der Waals surface area contributed by atoms with Crippen LogP contribution < -0.4 is 16.5 Å². The highest BCUT2D eigenvalue weighted by atomic mass is 16.6. The van der Waals surface area contributed by atoms with Gasteiger partial charge in [0.1, 0.15) is 29.5 Å². The molecule has 0 saturated carbocycles. The van der Waals surface area contributed by atoms with Gasteiger partial charge in [-0.05, 0) is 188 Å². The van der Waals surface area contributed by atoms with E-state index >= 15 is 0 Å². The maximum Gasteiger partial charge on any atom is 1.00 e. The van der Waals surface area contributed by atoms with Crippen LogP contribution in [0.15, 0.2) is 204 Å². The Hall–Kier alpha value is -11.3. The SMILES string of the molecule is CC.CC.Cc1ccc(CNc2ccc(C)nc2)cn1.Cc1ccc(N)cn1.Cc1ccc(N=Nc2ccc(C)nc2)cn1.Cc1ccc(N=O)cn1.Cc1ccc(N=[N+]([O-])c2ccc(C)nc2)cn1.Cc1ccc(NO)cn1.Cc1ccc([N+](=O)[O-])cn1.O.O.O.O.O.[H+].[H+].[H+].[H+].[H+].[H+]. The van der Waals surface area contributed by atoms with Crippen molar-refractivity contribution in [1.82, 2.24) is 49.8 Å². The van der Waals surface area contributed by atoms with Crippen molar-refractivity contribution in [2.45, 2.75) is 103 Å². The lowest BCUT2D eigenvalue weighted by atomic mass is 10.2. The van der Waals surface area contributed by atoms with Crippen molar-refractivity contribution < 1.29 is 50.9 Å². The summed E-state index contributed by atoms with van der Waals surface area (Å²) in [6, 6.07) is 36.4. The molecule has 94 heavy (non-hydrogen) atoms. The zero-order valence-electron chi connectivity index (χ0n) is 61.3. The number of hydrogen-bond acceptors (Lipinski definition) is 22. The van der Waals surface area contributed by atoms with Crippen LogP contribution in [0.1, 0.15) is 98.8 Å². The van der Waals surface area contributed by atoms with Gasteiger partial charge in [0.05, 0.1) is 65.4 Å². The minimum absolute atomic E-state index is 0. The number of rotatable bonds is 10. The highest BCUT2D eigenvalue weighted by Crippen LogP contribution is 2.18. The van der Waals surface area contributed by atoms with Crippen molar-refractivity contribution in [2.24, 2.45) is 20.5 Å². The van der Waals surface area contributed by atoms with Crippen molar-refractivity contribution in [1.29, 1.82) is 0 Å². The molecule has 15 N–H and O–H groups in total. The number of azo groups is 2. The molecule has 0 aliphatic carbocycles. The van der Waals surface area contributed by atoms with Crippen LogP contribution in [0, 0.1) is 89.5 Å². The summed E-state index contributed by atoms with van der Waals surface area (Å²) in [5.41, 5.74) is 23.1. The molecule has 504 valence electrons. The highest BCUT2D eigenvalue weighted by Gasteiger charge is 2.05. The Morgan fingerprint density at radius 1 is 0.404 bits per heavy atom. The van der Waals surface area contributed by atoms with Crippen LogP contribution >= 0.6 is 0 Å². The third-order valence-electron chi connectivity index (χ3n) is 10.8. The Morgan fingerprint density at radius 2 is 0.723 bits per heavy atom. The molecule has 0 bridgehead atoms. The van der Waals surface area contributed by atoms with Crippen LogP contribution in [-0.2, 0) is 6.54 Å². The fourth-order valence-electron chi connectivity index (χ4n) is 5.88. The largest absolute Gasteiger partial charge is 1.00 e. The molecular weight excluding hydrogens is 1210 g/mol. The van der Waals surface area contributed by atoms with E-state index in [-0.39, 0.29) is 41.6 Å². The molecule has 0 spiro atoms. The van der Waals surface area contributed by atoms with Gasteiger partial charge in [-0.15, -0.1) is 15.1 Å². The molecule has 0 aromatic carbocycles. The van der Waals surface area contributed by atoms with Crippen LogP contribution in [-0.4, -0.2) is 92.2 Å². The smallest absolute Gasteiger partial charge is 0.594 e. The number of nitroso groups, excluding NO2 is 1. The van der Waals surface area contributed by atoms with Crippen molar-refractivity contribution in [3.05, 3.63) is 266 Å². The topological polar surface area (TPSA) is 492 Å². The van der Waals surface area contributed by atoms with Gasteiger partial charge in [-0.25, -0.2) is 0 Å². The maximum atomic E-state index is 11.7. The molecular formula is C65H95N19O10+6. The molecule has 0 unspecified atom stereocenters. The third kappa shape index (κ3) is 38.9. The first-order valence-electron chi connectivity index (χ1n) is 28.0. The molecule has 10 aromatic rings. The molecule has 10 heterocycles. The second-order valence-electron chi connectivity index (χ2n) is 18.3. The first-order chi connectivity index (χ1) is 42.8. The molecule has 29 nitrogen and oxygen atoms in total. The van der Waals surface area contributed by atoms with E-state index in [0.717, 1.165) is 86.2 Å². The summed E-state index contributed by atoms with van der Waals surface area (Å²) >= 11 is 0. The molecule has 0 atom stereocenters. The monoisotopic (exact) mass is 1300 g/mol. The molecule has 0 radical (unpaired) electrons. The number of nitrogens with zero attached hydrogens (tertiary/aromatic N) is 16. The predicted molar refractivity (Wildman–Crippen MR) is 376 cm³/mol. The minimum atomic E-state index is -0.466. The van der Waals surface area contributed by atoms with Crippen LogP contribution in [0.4, 0.5) is 51.2 Å². The van der Waals surface area contributed by atoms with E-state index in [1.807, 2.05) is 169 Å². The Labute approximate surface area is 556 Å². The summed E-state index contributed by atoms with van der Waals surface area (Å²) in [7, 11) is 0. The van der Waals surface area contributed by atoms with E-state index in [4.69, 9.17) is 10.9 Å². The maximum absolute atomic E-state index is 11.7. The zero-order valence-corrected chi connectivity index (χ0v) is 55.3. The number of aryl methyl sites for hydroxylation is 10. The van der Waals surface area contributed by atoms with Gasteiger partial charge < -0.3 is 43.6 Å². The lowest BCUT2D eigenvalue weighted by Gasteiger charge is -2.06. The average Bonchev–Trinajstić information content (AvgIpc) is 0.931. The summed E-state index contributed by atoms with van der Waals surface area (Å²) < 4.78 is 0. The lowest BCUT2D eigenvalue weighted by molar-refractivity contribution is -0.435. The molecule has 0 amide bonds. The first kappa shape index (κ1) is 89.1. The summed E-state index contributed by atoms with van der Waals surface area (Å²) in [4.78, 5) is 60.3. The van der Waals surface area contributed by atoms with E-state index in [2.05, 4.69) is 81.7 Å². The van der Waals surface area contributed by atoms with Gasteiger partial charge in [0.2, 0.25) is 0 Å². The standard InChI is InChI=1S/C13H15N3.C12H12N4O.C12H12N4.C6H6N2O2.C6H8N2O.C6H6N2O.C6H8N2.2C2H6.5H2O/c1-10-3-5-12(7-14-10)8-16-13-6-4-11(2)15-9-13;1-9-3-5-11(7-13-9)15-16(17)12-6-4-10(2)14-8-12;1-9-3-5-11(7-13-9)15-16-12-6-4-10(2)14-8-12;1-5-2-3-6(4-7-5)8(9)10;2*1-5-2-3-6(8-9)4-7-5;1-5-2-3-6(7)4-8-5;2*1-2;;;;;/h3-7,9,16H,8H2,1-2H3;3-8H,1-2H3;3-8H,1-2H3;2-4H,1H3;2-4,8-9H,1H3;2-4H,1H3;2-4H,7H2,1H3;2*1-2H3;5*1H2/p+6. The fourth-order valence-corrected chi connectivity index (χ4v) is 5.88. The van der Waals surface area contributed by atoms with Gasteiger partial charge in [0.25, 0.3) is 11.4 Å². The van der Waals surface area contributed by atoms with E-state index in [0.29, 0.717) is 27.6 Å². The molecule has 0 saturated heterocycles. The summed E-state index contributed by atoms with van der Waals surface area (Å²) in [6.07, 6.45) is 16.1. The number of nitrogen functional groups attached to an aromatic ring is 1. The molecule has 0 aliphatic heterocycles. The fraction of sp³-hybridized carbons (Fsp3) is 0.231. The lowest BCUT2D eigenvalue weighted by Crippen LogP contribution is -2.00. The summed E-state index contributed by atoms with van der Waals surface area (Å²) in [5, 5.41) is 48.1. The summed E-state index contributed by atoms with van der Waals surface area (Å²) in [6.45, 7) is 27.8. The van der Waals surface area contributed by atoms with E-state index in [1.165, 1.54) is 30.2 Å². The summed E-state index contributed by atoms with van der Waals surface area (Å²) in [5.74, 6) is 0. The van der Waals surface area contributed by atoms with E-state index in [9.17, 15) is 20.2 Å². The highest BCUT2D eigenvalue weighted by molar-refractivity contribution is 5.42. The molecule has 0 fully saturated rings. The van der Waals surface area contributed by atoms with Crippen molar-refractivity contribution in [2.75, 3.05) is 16.5 Å². The molecule has 29 heteroatoms. The second kappa shape index (κ2) is 51.4. The van der Waals surface area contributed by atoms with Gasteiger partial charge in [-0.1, -0.05) is 33.8 Å². The number of nitrogens with one attached hydrogen (secondary N) is 2. The number of anilines is 3. The first-order valence-corrected chi connectivity index (χ1v) is 28.0. The number of hydrogen-bond donors (Lipinski definition) is 4. The Balaban J connectivity index is -0.000000117. The quantitative estimate of drug-likeness (QED) is 0.0325. The number of aromatic nitrogens is 10. The molecule has 0 aliphatic rings. The number of pyridine rings is 10. The molecule has 10 aromatic heterocycles. The number of nitrogens with two attached hydrogens (primary N) is 1. The Bertz CT molecular complexity index is 3520. The van der Waals surface area contributed by atoms with Gasteiger partial charge in [-0.2, -0.15) is 0 Å². The van der Waals surface area contributed by atoms with Gasteiger partial charge in [-0.3, -0.25) is 70.6 Å². The van der Waals surface area contributed by atoms with Crippen molar-refractivity contribution in [3.63, 3.8) is 0 Å². The molecule has 10 rings (SSSR count). The van der Waals surface area contributed by atoms with E-state index in [1.54, 1.807) is 86.4 Å².